The Balaban J connectivity index is 1.98. The highest BCUT2D eigenvalue weighted by Gasteiger charge is 2.18. The molecule has 2 rings (SSSR count). The highest BCUT2D eigenvalue weighted by Crippen LogP contribution is 2.23. The fourth-order valence-corrected chi connectivity index (χ4v) is 2.52. The maximum atomic E-state index is 6.03. The number of methoxy groups -OCH3 is 1. The zero-order chi connectivity index (χ0) is 13.0. The lowest BCUT2D eigenvalue weighted by Gasteiger charge is -2.33. The first-order valence-electron chi connectivity index (χ1n) is 6.88. The minimum absolute atomic E-state index is 0.165. The molecule has 1 fully saturated rings. The Hall–Kier alpha value is -1.06. The van der Waals surface area contributed by atoms with Crippen LogP contribution < -0.4 is 10.6 Å². The molecule has 1 atom stereocenters. The van der Waals surface area contributed by atoms with Gasteiger partial charge in [0.2, 0.25) is 0 Å². The topological polar surface area (TPSA) is 38.5 Å². The zero-order valence-corrected chi connectivity index (χ0v) is 11.4. The molecule has 1 saturated heterocycles. The molecule has 0 spiro atoms. The van der Waals surface area contributed by atoms with Gasteiger partial charge in [-0.3, -0.25) is 0 Å². The predicted molar refractivity (Wildman–Crippen MR) is 75.9 cm³/mol. The molecule has 1 aromatic carbocycles. The molecule has 0 radical (unpaired) electrons. The molecule has 0 aliphatic carbocycles. The van der Waals surface area contributed by atoms with Crippen LogP contribution in [-0.4, -0.2) is 26.3 Å². The normalized spacial score (nSPS) is 18.9. The molecule has 0 unspecified atom stereocenters. The summed E-state index contributed by atoms with van der Waals surface area (Å²) < 4.78 is 5.40. The van der Waals surface area contributed by atoms with Crippen molar-refractivity contribution in [2.24, 2.45) is 5.73 Å². The number of hydrogen-bond donors (Lipinski definition) is 1. The van der Waals surface area contributed by atoms with Crippen LogP contribution in [0.3, 0.4) is 0 Å². The maximum Gasteiger partial charge on any atom is 0.0605 e. The fraction of sp³-hybridized carbons (Fsp3) is 0.600. The molecule has 1 aliphatic heterocycles. The minimum Gasteiger partial charge on any atom is -0.381 e. The first kappa shape index (κ1) is 13.4. The summed E-state index contributed by atoms with van der Waals surface area (Å²) in [6, 6.07) is 8.87. The Bertz CT molecular complexity index is 355. The molecule has 3 heteroatoms. The fourth-order valence-electron chi connectivity index (χ4n) is 2.52. The van der Waals surface area contributed by atoms with Crippen molar-refractivity contribution >= 4 is 5.69 Å². The number of hydrogen-bond acceptors (Lipinski definition) is 3. The van der Waals surface area contributed by atoms with Gasteiger partial charge in [-0.25, -0.2) is 0 Å². The third kappa shape index (κ3) is 3.03. The Labute approximate surface area is 110 Å². The van der Waals surface area contributed by atoms with Gasteiger partial charge in [0.05, 0.1) is 6.10 Å². The second-order valence-electron chi connectivity index (χ2n) is 5.03. The first-order chi connectivity index (χ1) is 8.74. The monoisotopic (exact) mass is 248 g/mol. The number of anilines is 1. The van der Waals surface area contributed by atoms with Gasteiger partial charge in [0.15, 0.2) is 0 Å². The van der Waals surface area contributed by atoms with Crippen molar-refractivity contribution in [3.05, 3.63) is 29.8 Å². The molecular weight excluding hydrogens is 224 g/mol. The van der Waals surface area contributed by atoms with Crippen LogP contribution in [0.2, 0.25) is 0 Å². The molecule has 0 amide bonds. The van der Waals surface area contributed by atoms with Gasteiger partial charge in [-0.1, -0.05) is 19.1 Å². The van der Waals surface area contributed by atoms with Crippen LogP contribution in [0.4, 0.5) is 5.69 Å². The van der Waals surface area contributed by atoms with E-state index in [9.17, 15) is 0 Å². The van der Waals surface area contributed by atoms with E-state index in [4.69, 9.17) is 10.5 Å². The zero-order valence-electron chi connectivity index (χ0n) is 11.4. The summed E-state index contributed by atoms with van der Waals surface area (Å²) in [5, 5.41) is 0. The molecule has 0 aromatic heterocycles. The maximum absolute atomic E-state index is 6.03. The van der Waals surface area contributed by atoms with Gasteiger partial charge in [0.1, 0.15) is 0 Å². The van der Waals surface area contributed by atoms with Crippen LogP contribution >= 0.6 is 0 Å². The number of nitrogens with two attached hydrogens (primary N) is 1. The smallest absolute Gasteiger partial charge is 0.0605 e. The summed E-state index contributed by atoms with van der Waals surface area (Å²) in [4.78, 5) is 2.43. The minimum atomic E-state index is 0.165. The molecule has 2 N–H and O–H groups in total. The number of rotatable bonds is 4. The van der Waals surface area contributed by atoms with E-state index in [1.165, 1.54) is 11.3 Å². The van der Waals surface area contributed by atoms with Crippen molar-refractivity contribution in [2.75, 3.05) is 25.1 Å². The standard InChI is InChI=1S/C15H24N2O/c1-3-15(16)12-4-6-13(7-5-12)17-10-8-14(18-2)9-11-17/h4-7,14-15H,3,8-11,16H2,1-2H3/t15-/m0/s1. The molecule has 0 saturated carbocycles. The van der Waals surface area contributed by atoms with Crippen molar-refractivity contribution < 1.29 is 4.74 Å². The van der Waals surface area contributed by atoms with E-state index in [0.29, 0.717) is 6.10 Å². The van der Waals surface area contributed by atoms with Crippen molar-refractivity contribution in [1.82, 2.24) is 0 Å². The molecule has 18 heavy (non-hydrogen) atoms. The number of nitrogens with zero attached hydrogens (tertiary/aromatic N) is 1. The van der Waals surface area contributed by atoms with Gasteiger partial charge in [0.25, 0.3) is 0 Å². The Kier molecular flexibility index (Phi) is 4.61. The van der Waals surface area contributed by atoms with Crippen molar-refractivity contribution in [3.63, 3.8) is 0 Å². The van der Waals surface area contributed by atoms with Crippen LogP contribution in [0.15, 0.2) is 24.3 Å². The average molecular weight is 248 g/mol. The summed E-state index contributed by atoms with van der Waals surface area (Å²) >= 11 is 0. The van der Waals surface area contributed by atoms with Crippen LogP contribution in [-0.2, 0) is 4.74 Å². The summed E-state index contributed by atoms with van der Waals surface area (Å²) in [6.45, 7) is 4.28. The number of piperidine rings is 1. The van der Waals surface area contributed by atoms with Crippen LogP contribution in [0.1, 0.15) is 37.8 Å². The van der Waals surface area contributed by atoms with E-state index in [1.54, 1.807) is 7.11 Å². The molecule has 100 valence electrons. The third-order valence-electron chi connectivity index (χ3n) is 3.90. The molecular formula is C15H24N2O. The van der Waals surface area contributed by atoms with Gasteiger partial charge in [0, 0.05) is 31.9 Å². The van der Waals surface area contributed by atoms with Crippen molar-refractivity contribution in [2.45, 2.75) is 38.3 Å². The van der Waals surface area contributed by atoms with Crippen LogP contribution in [0.25, 0.3) is 0 Å². The number of benzene rings is 1. The molecule has 1 aliphatic rings. The van der Waals surface area contributed by atoms with E-state index >= 15 is 0 Å². The largest absolute Gasteiger partial charge is 0.381 e. The lowest BCUT2D eigenvalue weighted by atomic mass is 10.0. The third-order valence-corrected chi connectivity index (χ3v) is 3.90. The van der Waals surface area contributed by atoms with Crippen LogP contribution in [0.5, 0.6) is 0 Å². The average Bonchev–Trinajstić information content (AvgIpc) is 2.47. The lowest BCUT2D eigenvalue weighted by molar-refractivity contribution is 0.0819. The summed E-state index contributed by atoms with van der Waals surface area (Å²) in [5.74, 6) is 0. The van der Waals surface area contributed by atoms with Gasteiger partial charge in [-0.2, -0.15) is 0 Å². The second-order valence-corrected chi connectivity index (χ2v) is 5.03. The quantitative estimate of drug-likeness (QED) is 0.890. The second kappa shape index (κ2) is 6.21. The van der Waals surface area contributed by atoms with E-state index in [0.717, 1.165) is 32.4 Å². The van der Waals surface area contributed by atoms with Crippen LogP contribution in [0, 0.1) is 0 Å². The van der Waals surface area contributed by atoms with Crippen molar-refractivity contribution in [3.8, 4) is 0 Å². The summed E-state index contributed by atoms with van der Waals surface area (Å²) in [5.41, 5.74) is 8.56. The Morgan fingerprint density at radius 2 is 1.89 bits per heavy atom. The van der Waals surface area contributed by atoms with E-state index in [1.807, 2.05) is 0 Å². The molecule has 1 aromatic rings. The lowest BCUT2D eigenvalue weighted by Crippen LogP contribution is -2.36. The van der Waals surface area contributed by atoms with Gasteiger partial charge in [-0.05, 0) is 37.0 Å². The van der Waals surface area contributed by atoms with E-state index in [2.05, 4.69) is 36.1 Å². The summed E-state index contributed by atoms with van der Waals surface area (Å²) in [7, 11) is 1.81. The molecule has 1 heterocycles. The van der Waals surface area contributed by atoms with Gasteiger partial charge < -0.3 is 15.4 Å². The molecule has 0 bridgehead atoms. The Morgan fingerprint density at radius 1 is 1.28 bits per heavy atom. The molecule has 3 nitrogen and oxygen atoms in total. The highest BCUT2D eigenvalue weighted by molar-refractivity contribution is 5.48. The van der Waals surface area contributed by atoms with Crippen molar-refractivity contribution in [1.29, 1.82) is 0 Å². The highest BCUT2D eigenvalue weighted by atomic mass is 16.5. The van der Waals surface area contributed by atoms with E-state index < -0.39 is 0 Å². The summed E-state index contributed by atoms with van der Waals surface area (Å²) in [6.07, 6.45) is 3.66. The Morgan fingerprint density at radius 3 is 2.39 bits per heavy atom. The van der Waals surface area contributed by atoms with Gasteiger partial charge in [-0.15, -0.1) is 0 Å². The first-order valence-corrected chi connectivity index (χ1v) is 6.88. The van der Waals surface area contributed by atoms with Gasteiger partial charge >= 0.3 is 0 Å². The van der Waals surface area contributed by atoms with E-state index in [-0.39, 0.29) is 6.04 Å². The predicted octanol–water partition coefficient (Wildman–Crippen LogP) is 2.71. The SMILES string of the molecule is CC[C@H](N)c1ccc(N2CCC(OC)CC2)cc1. The number of ether oxygens (including phenoxy) is 1.